The summed E-state index contributed by atoms with van der Waals surface area (Å²) in [5, 5.41) is 2.71. The van der Waals surface area contributed by atoms with Crippen molar-refractivity contribution >= 4 is 17.5 Å². The van der Waals surface area contributed by atoms with E-state index >= 15 is 0 Å². The van der Waals surface area contributed by atoms with Crippen LogP contribution in [0, 0.1) is 5.92 Å². The smallest absolute Gasteiger partial charge is 0.251 e. The molecule has 19 heavy (non-hydrogen) atoms. The third kappa shape index (κ3) is 4.63. The van der Waals surface area contributed by atoms with Gasteiger partial charge in [-0.3, -0.25) is 4.79 Å². The molecule has 4 nitrogen and oxygen atoms in total. The van der Waals surface area contributed by atoms with E-state index in [0.29, 0.717) is 29.5 Å². The van der Waals surface area contributed by atoms with E-state index in [1.54, 1.807) is 32.4 Å². The van der Waals surface area contributed by atoms with Crippen molar-refractivity contribution in [1.82, 2.24) is 5.32 Å². The first kappa shape index (κ1) is 15.6. The van der Waals surface area contributed by atoms with Gasteiger partial charge in [-0.05, 0) is 18.1 Å². The van der Waals surface area contributed by atoms with Crippen molar-refractivity contribution in [2.24, 2.45) is 5.92 Å². The highest BCUT2D eigenvalue weighted by Crippen LogP contribution is 2.22. The van der Waals surface area contributed by atoms with Gasteiger partial charge in [0.2, 0.25) is 0 Å². The number of halogens is 1. The Hall–Kier alpha value is -1.42. The summed E-state index contributed by atoms with van der Waals surface area (Å²) >= 11 is 6.10. The molecule has 0 heterocycles. The molecule has 1 atom stereocenters. The van der Waals surface area contributed by atoms with Crippen LogP contribution in [0.5, 0.6) is 11.5 Å². The summed E-state index contributed by atoms with van der Waals surface area (Å²) in [5.74, 6) is 1.27. The normalized spacial score (nSPS) is 12.1. The molecule has 106 valence electrons. The molecule has 0 aromatic heterocycles. The summed E-state index contributed by atoms with van der Waals surface area (Å²) in [4.78, 5) is 12.0. The van der Waals surface area contributed by atoms with Gasteiger partial charge in [-0.15, -0.1) is 11.6 Å². The zero-order valence-corrected chi connectivity index (χ0v) is 12.5. The van der Waals surface area contributed by atoms with Crippen LogP contribution >= 0.6 is 11.6 Å². The van der Waals surface area contributed by atoms with Gasteiger partial charge < -0.3 is 14.8 Å². The van der Waals surface area contributed by atoms with Crippen molar-refractivity contribution in [1.29, 1.82) is 0 Å². The summed E-state index contributed by atoms with van der Waals surface area (Å²) in [6.07, 6.45) is 0. The number of carbonyl (C=O) groups excluding carboxylic acids is 1. The number of hydrogen-bond acceptors (Lipinski definition) is 3. The van der Waals surface area contributed by atoms with E-state index in [1.165, 1.54) is 0 Å². The van der Waals surface area contributed by atoms with E-state index in [9.17, 15) is 4.79 Å². The molecule has 0 saturated carbocycles. The predicted molar refractivity (Wildman–Crippen MR) is 76.4 cm³/mol. The highest BCUT2D eigenvalue weighted by Gasteiger charge is 2.13. The molecule has 0 aliphatic heterocycles. The summed E-state index contributed by atoms with van der Waals surface area (Å²) in [6.45, 7) is 4.45. The van der Waals surface area contributed by atoms with Crippen molar-refractivity contribution in [2.75, 3.05) is 20.8 Å². The molecule has 0 aliphatic rings. The molecule has 0 aliphatic carbocycles. The van der Waals surface area contributed by atoms with Crippen molar-refractivity contribution < 1.29 is 14.3 Å². The lowest BCUT2D eigenvalue weighted by Gasteiger charge is -2.14. The maximum absolute atomic E-state index is 12.0. The Balaban J connectivity index is 2.76. The number of hydrogen-bond donors (Lipinski definition) is 1. The third-order valence-corrected chi connectivity index (χ3v) is 3.45. The van der Waals surface area contributed by atoms with Crippen LogP contribution in [0.2, 0.25) is 0 Å². The van der Waals surface area contributed by atoms with Gasteiger partial charge in [0.1, 0.15) is 11.5 Å². The maximum Gasteiger partial charge on any atom is 0.251 e. The molecule has 1 aromatic rings. The number of alkyl halides is 1. The van der Waals surface area contributed by atoms with Crippen LogP contribution in [-0.4, -0.2) is 32.0 Å². The van der Waals surface area contributed by atoms with E-state index in [1.807, 2.05) is 13.8 Å². The van der Waals surface area contributed by atoms with Gasteiger partial charge in [0.25, 0.3) is 5.91 Å². The fraction of sp³-hybridized carbons (Fsp3) is 0.500. The molecule has 0 bridgehead atoms. The number of amides is 1. The minimum atomic E-state index is -0.191. The lowest BCUT2D eigenvalue weighted by atomic mass is 10.1. The first-order chi connectivity index (χ1) is 8.97. The molecule has 0 saturated heterocycles. The Labute approximate surface area is 119 Å². The Morgan fingerprint density at radius 3 is 2.16 bits per heavy atom. The van der Waals surface area contributed by atoms with Gasteiger partial charge in [-0.1, -0.05) is 13.8 Å². The van der Waals surface area contributed by atoms with Crippen LogP contribution in [0.1, 0.15) is 24.2 Å². The molecule has 0 spiro atoms. The van der Waals surface area contributed by atoms with Crippen LogP contribution < -0.4 is 14.8 Å². The fourth-order valence-corrected chi connectivity index (χ4v) is 1.54. The number of benzene rings is 1. The van der Waals surface area contributed by atoms with Crippen molar-refractivity contribution in [3.63, 3.8) is 0 Å². The lowest BCUT2D eigenvalue weighted by molar-refractivity contribution is 0.0951. The first-order valence-electron chi connectivity index (χ1n) is 6.13. The largest absolute Gasteiger partial charge is 0.497 e. The van der Waals surface area contributed by atoms with Gasteiger partial charge in [0, 0.05) is 18.2 Å². The Morgan fingerprint density at radius 1 is 1.21 bits per heavy atom. The average Bonchev–Trinajstić information content (AvgIpc) is 2.43. The van der Waals surface area contributed by atoms with Crippen LogP contribution in [0.4, 0.5) is 0 Å². The summed E-state index contributed by atoms with van der Waals surface area (Å²) in [6, 6.07) is 5.04. The molecule has 0 fully saturated rings. The summed E-state index contributed by atoms with van der Waals surface area (Å²) in [5.41, 5.74) is 0.490. The van der Waals surface area contributed by atoms with Crippen molar-refractivity contribution in [3.8, 4) is 11.5 Å². The van der Waals surface area contributed by atoms with Gasteiger partial charge in [0.15, 0.2) is 0 Å². The van der Waals surface area contributed by atoms with Crippen molar-refractivity contribution in [2.45, 2.75) is 19.2 Å². The number of carbonyl (C=O) groups is 1. The molecule has 0 radical (unpaired) electrons. The van der Waals surface area contributed by atoms with Crippen LogP contribution in [0.25, 0.3) is 0 Å². The van der Waals surface area contributed by atoms with E-state index < -0.39 is 0 Å². The third-order valence-electron chi connectivity index (χ3n) is 2.79. The molecule has 1 amide bonds. The fourth-order valence-electron chi connectivity index (χ4n) is 1.47. The van der Waals surface area contributed by atoms with Crippen LogP contribution in [0.15, 0.2) is 18.2 Å². The minimum absolute atomic E-state index is 0.0866. The topological polar surface area (TPSA) is 47.6 Å². The molecular formula is C14H20ClNO3. The Morgan fingerprint density at radius 2 is 1.74 bits per heavy atom. The van der Waals surface area contributed by atoms with Crippen LogP contribution in [-0.2, 0) is 0 Å². The average molecular weight is 286 g/mol. The summed E-state index contributed by atoms with van der Waals surface area (Å²) in [7, 11) is 3.09. The maximum atomic E-state index is 12.0. The standard InChI is InChI=1S/C14H20ClNO3/c1-9(2)13(15)8-16-14(17)10-5-11(18-3)7-12(6-10)19-4/h5-7,9,13H,8H2,1-4H3,(H,16,17). The monoisotopic (exact) mass is 285 g/mol. The highest BCUT2D eigenvalue weighted by atomic mass is 35.5. The molecule has 5 heteroatoms. The molecular weight excluding hydrogens is 266 g/mol. The SMILES string of the molecule is COc1cc(OC)cc(C(=O)NCC(Cl)C(C)C)c1. The van der Waals surface area contributed by atoms with Crippen LogP contribution in [0.3, 0.4) is 0 Å². The zero-order chi connectivity index (χ0) is 14.4. The quantitative estimate of drug-likeness (QED) is 0.818. The highest BCUT2D eigenvalue weighted by molar-refractivity contribution is 6.21. The molecule has 1 unspecified atom stereocenters. The molecule has 1 N–H and O–H groups in total. The predicted octanol–water partition coefficient (Wildman–Crippen LogP) is 2.70. The molecule has 1 aromatic carbocycles. The Bertz CT molecular complexity index is 412. The van der Waals surface area contributed by atoms with E-state index in [0.717, 1.165) is 0 Å². The van der Waals surface area contributed by atoms with Gasteiger partial charge in [-0.2, -0.15) is 0 Å². The van der Waals surface area contributed by atoms with E-state index in [4.69, 9.17) is 21.1 Å². The van der Waals surface area contributed by atoms with E-state index in [-0.39, 0.29) is 11.3 Å². The minimum Gasteiger partial charge on any atom is -0.497 e. The number of ether oxygens (including phenoxy) is 2. The number of nitrogens with one attached hydrogen (secondary N) is 1. The van der Waals surface area contributed by atoms with Crippen molar-refractivity contribution in [3.05, 3.63) is 23.8 Å². The second-order valence-electron chi connectivity index (χ2n) is 4.57. The van der Waals surface area contributed by atoms with Gasteiger partial charge in [0.05, 0.1) is 19.6 Å². The number of rotatable bonds is 6. The summed E-state index contributed by atoms with van der Waals surface area (Å²) < 4.78 is 10.3. The van der Waals surface area contributed by atoms with E-state index in [2.05, 4.69) is 5.32 Å². The van der Waals surface area contributed by atoms with Gasteiger partial charge in [-0.25, -0.2) is 0 Å². The number of methoxy groups -OCH3 is 2. The lowest BCUT2D eigenvalue weighted by Crippen LogP contribution is -2.31. The second kappa shape index (κ2) is 7.24. The zero-order valence-electron chi connectivity index (χ0n) is 11.7. The second-order valence-corrected chi connectivity index (χ2v) is 5.13. The molecule has 1 rings (SSSR count). The first-order valence-corrected chi connectivity index (χ1v) is 6.57. The van der Waals surface area contributed by atoms with Gasteiger partial charge >= 0.3 is 0 Å². The Kier molecular flexibility index (Phi) is 5.96.